The number of rotatable bonds is 5. The van der Waals surface area contributed by atoms with Crippen LogP contribution >= 0.6 is 0 Å². The molecule has 1 aliphatic rings. The molecule has 2 amide bonds. The Kier molecular flexibility index (Phi) is 6.17. The van der Waals surface area contributed by atoms with Crippen molar-refractivity contribution < 1.29 is 13.6 Å². The minimum absolute atomic E-state index is 0.210. The summed E-state index contributed by atoms with van der Waals surface area (Å²) < 4.78 is 26.1. The maximum absolute atomic E-state index is 13.1. The lowest BCUT2D eigenvalue weighted by atomic mass is 9.89. The predicted molar refractivity (Wildman–Crippen MR) is 98.0 cm³/mol. The summed E-state index contributed by atoms with van der Waals surface area (Å²) in [6, 6.07) is 12.3. The zero-order valence-electron chi connectivity index (χ0n) is 14.5. The van der Waals surface area contributed by atoms with Crippen LogP contribution in [0.1, 0.15) is 18.4 Å². The second kappa shape index (κ2) is 8.76. The van der Waals surface area contributed by atoms with Crippen molar-refractivity contribution in [3.63, 3.8) is 0 Å². The number of piperidine rings is 1. The zero-order valence-corrected chi connectivity index (χ0v) is 14.5. The van der Waals surface area contributed by atoms with Crippen LogP contribution < -0.4 is 16.0 Å². The van der Waals surface area contributed by atoms with E-state index in [9.17, 15) is 13.6 Å². The summed E-state index contributed by atoms with van der Waals surface area (Å²) in [5, 5.41) is 8.89. The highest BCUT2D eigenvalue weighted by Crippen LogP contribution is 2.19. The SMILES string of the molecule is O=C(NC[C@H]1CC[C@@H](Cc2ccc(F)cc2)CN1)Nc1cccc(F)c1. The van der Waals surface area contributed by atoms with Crippen LogP contribution in [0.2, 0.25) is 0 Å². The predicted octanol–water partition coefficient (Wildman–Crippen LogP) is 3.70. The number of hydrogen-bond acceptors (Lipinski definition) is 2. The Bertz CT molecular complexity index is 728. The monoisotopic (exact) mass is 359 g/mol. The van der Waals surface area contributed by atoms with Crippen molar-refractivity contribution in [2.45, 2.75) is 25.3 Å². The second-order valence-corrected chi connectivity index (χ2v) is 6.72. The summed E-state index contributed by atoms with van der Waals surface area (Å²) in [7, 11) is 0. The largest absolute Gasteiger partial charge is 0.336 e. The van der Waals surface area contributed by atoms with Gasteiger partial charge in [-0.05, 0) is 67.6 Å². The molecule has 2 aromatic carbocycles. The maximum atomic E-state index is 13.1. The smallest absolute Gasteiger partial charge is 0.319 e. The molecule has 2 atom stereocenters. The number of halogens is 2. The molecule has 1 aliphatic heterocycles. The van der Waals surface area contributed by atoms with Crippen molar-refractivity contribution in [1.29, 1.82) is 0 Å². The fourth-order valence-electron chi connectivity index (χ4n) is 3.23. The van der Waals surface area contributed by atoms with Crippen molar-refractivity contribution in [2.75, 3.05) is 18.4 Å². The van der Waals surface area contributed by atoms with Gasteiger partial charge in [0.25, 0.3) is 0 Å². The first-order valence-corrected chi connectivity index (χ1v) is 8.87. The van der Waals surface area contributed by atoms with Crippen LogP contribution in [-0.2, 0) is 6.42 Å². The van der Waals surface area contributed by atoms with E-state index in [0.717, 1.165) is 31.4 Å². The number of benzene rings is 2. The number of amides is 2. The van der Waals surface area contributed by atoms with Gasteiger partial charge in [0.15, 0.2) is 0 Å². The third-order valence-corrected chi connectivity index (χ3v) is 4.65. The number of nitrogens with one attached hydrogen (secondary N) is 3. The van der Waals surface area contributed by atoms with E-state index in [2.05, 4.69) is 16.0 Å². The van der Waals surface area contributed by atoms with Gasteiger partial charge in [0.1, 0.15) is 11.6 Å². The van der Waals surface area contributed by atoms with Crippen LogP contribution in [0, 0.1) is 17.6 Å². The standard InChI is InChI=1S/C20H23F2N3O/c21-16-7-4-14(5-8-16)10-15-6-9-19(23-12-15)13-24-20(26)25-18-3-1-2-17(22)11-18/h1-5,7-8,11,15,19,23H,6,9-10,12-13H2,(H2,24,25,26)/t15-,19+/m0/s1. The van der Waals surface area contributed by atoms with Crippen molar-refractivity contribution in [2.24, 2.45) is 5.92 Å². The van der Waals surface area contributed by atoms with Gasteiger partial charge >= 0.3 is 6.03 Å². The number of urea groups is 1. The molecule has 0 radical (unpaired) electrons. The van der Waals surface area contributed by atoms with E-state index in [0.29, 0.717) is 18.2 Å². The summed E-state index contributed by atoms with van der Waals surface area (Å²) in [6.07, 6.45) is 2.95. The van der Waals surface area contributed by atoms with Gasteiger partial charge in [-0.15, -0.1) is 0 Å². The summed E-state index contributed by atoms with van der Waals surface area (Å²) in [6.45, 7) is 1.39. The van der Waals surface area contributed by atoms with Crippen LogP contribution in [0.4, 0.5) is 19.3 Å². The fraction of sp³-hybridized carbons (Fsp3) is 0.350. The highest BCUT2D eigenvalue weighted by Gasteiger charge is 2.21. The molecule has 2 aromatic rings. The van der Waals surface area contributed by atoms with Gasteiger partial charge in [-0.25, -0.2) is 13.6 Å². The number of carbonyl (C=O) groups excluding carboxylic acids is 1. The van der Waals surface area contributed by atoms with E-state index in [1.165, 1.54) is 24.3 Å². The first kappa shape index (κ1) is 18.3. The van der Waals surface area contributed by atoms with Crippen LogP contribution in [-0.4, -0.2) is 25.2 Å². The number of carbonyl (C=O) groups is 1. The van der Waals surface area contributed by atoms with Crippen molar-refractivity contribution in [3.8, 4) is 0 Å². The quantitative estimate of drug-likeness (QED) is 0.762. The average Bonchev–Trinajstić information content (AvgIpc) is 2.63. The first-order chi connectivity index (χ1) is 12.6. The summed E-state index contributed by atoms with van der Waals surface area (Å²) in [4.78, 5) is 11.9. The van der Waals surface area contributed by atoms with Crippen molar-refractivity contribution in [3.05, 3.63) is 65.7 Å². The van der Waals surface area contributed by atoms with E-state index in [1.54, 1.807) is 12.1 Å². The minimum Gasteiger partial charge on any atom is -0.336 e. The molecule has 138 valence electrons. The molecular weight excluding hydrogens is 336 g/mol. The summed E-state index contributed by atoms with van der Waals surface area (Å²) >= 11 is 0. The molecule has 6 heteroatoms. The lowest BCUT2D eigenvalue weighted by Crippen LogP contribution is -2.47. The number of hydrogen-bond donors (Lipinski definition) is 3. The topological polar surface area (TPSA) is 53.2 Å². The van der Waals surface area contributed by atoms with Crippen LogP contribution in [0.25, 0.3) is 0 Å². The van der Waals surface area contributed by atoms with Gasteiger partial charge in [0.05, 0.1) is 0 Å². The van der Waals surface area contributed by atoms with Gasteiger partial charge in [0, 0.05) is 18.3 Å². The third kappa shape index (κ3) is 5.52. The van der Waals surface area contributed by atoms with Gasteiger partial charge in [-0.1, -0.05) is 18.2 Å². The first-order valence-electron chi connectivity index (χ1n) is 8.87. The Morgan fingerprint density at radius 2 is 1.88 bits per heavy atom. The molecule has 0 unspecified atom stereocenters. The van der Waals surface area contributed by atoms with E-state index < -0.39 is 0 Å². The van der Waals surface area contributed by atoms with E-state index in [-0.39, 0.29) is 23.7 Å². The highest BCUT2D eigenvalue weighted by atomic mass is 19.1. The summed E-state index contributed by atoms with van der Waals surface area (Å²) in [5.74, 6) is -0.0834. The molecule has 0 bridgehead atoms. The van der Waals surface area contributed by atoms with Gasteiger partial charge < -0.3 is 16.0 Å². The lowest BCUT2D eigenvalue weighted by molar-refractivity contribution is 0.247. The normalized spacial score (nSPS) is 19.8. The second-order valence-electron chi connectivity index (χ2n) is 6.72. The maximum Gasteiger partial charge on any atom is 0.319 e. The molecule has 3 rings (SSSR count). The van der Waals surface area contributed by atoms with E-state index in [1.807, 2.05) is 12.1 Å². The Labute approximate surface area is 152 Å². The molecule has 4 nitrogen and oxygen atoms in total. The Balaban J connectivity index is 1.37. The molecule has 0 spiro atoms. The Hall–Kier alpha value is -2.47. The fourth-order valence-corrected chi connectivity index (χ4v) is 3.23. The number of anilines is 1. The molecular formula is C20H23F2N3O. The minimum atomic E-state index is -0.385. The Morgan fingerprint density at radius 3 is 2.58 bits per heavy atom. The Morgan fingerprint density at radius 1 is 1.08 bits per heavy atom. The highest BCUT2D eigenvalue weighted by molar-refractivity contribution is 5.89. The molecule has 1 fully saturated rings. The van der Waals surface area contributed by atoms with Gasteiger partial charge in [-0.3, -0.25) is 0 Å². The van der Waals surface area contributed by atoms with Gasteiger partial charge in [-0.2, -0.15) is 0 Å². The van der Waals surface area contributed by atoms with Crippen LogP contribution in [0.15, 0.2) is 48.5 Å². The molecule has 0 saturated carbocycles. The van der Waals surface area contributed by atoms with E-state index >= 15 is 0 Å². The molecule has 1 saturated heterocycles. The van der Waals surface area contributed by atoms with Crippen LogP contribution in [0.5, 0.6) is 0 Å². The zero-order chi connectivity index (χ0) is 18.4. The summed E-state index contributed by atoms with van der Waals surface area (Å²) in [5.41, 5.74) is 1.57. The molecule has 1 heterocycles. The van der Waals surface area contributed by atoms with Gasteiger partial charge in [0.2, 0.25) is 0 Å². The lowest BCUT2D eigenvalue weighted by Gasteiger charge is -2.30. The third-order valence-electron chi connectivity index (χ3n) is 4.65. The van der Waals surface area contributed by atoms with Crippen LogP contribution in [0.3, 0.4) is 0 Å². The van der Waals surface area contributed by atoms with E-state index in [4.69, 9.17) is 0 Å². The molecule has 26 heavy (non-hydrogen) atoms. The average molecular weight is 359 g/mol. The molecule has 0 aromatic heterocycles. The van der Waals surface area contributed by atoms with Crippen molar-refractivity contribution >= 4 is 11.7 Å². The molecule has 0 aliphatic carbocycles. The van der Waals surface area contributed by atoms with Crippen molar-refractivity contribution in [1.82, 2.24) is 10.6 Å². The molecule has 3 N–H and O–H groups in total.